The predicted molar refractivity (Wildman–Crippen MR) is 102 cm³/mol. The number of pyridine rings is 1. The predicted octanol–water partition coefficient (Wildman–Crippen LogP) is 3.75. The van der Waals surface area contributed by atoms with Gasteiger partial charge in [0.25, 0.3) is 0 Å². The van der Waals surface area contributed by atoms with Gasteiger partial charge in [-0.05, 0) is 55.5 Å². The fraction of sp³-hybridized carbons (Fsp3) is 0.381. The second kappa shape index (κ2) is 7.22. The van der Waals surface area contributed by atoms with Gasteiger partial charge in [0.05, 0.1) is 19.2 Å². The van der Waals surface area contributed by atoms with Crippen LogP contribution in [-0.2, 0) is 9.53 Å². The number of halogens is 1. The number of nitrogens with one attached hydrogen (secondary N) is 1. The van der Waals surface area contributed by atoms with Crippen LogP contribution in [0.15, 0.2) is 36.7 Å². The molecule has 28 heavy (non-hydrogen) atoms. The number of nitrogens with zero attached hydrogens (tertiary/aromatic N) is 2. The fourth-order valence-electron chi connectivity index (χ4n) is 4.32. The summed E-state index contributed by atoms with van der Waals surface area (Å²) >= 11 is 0. The van der Waals surface area contributed by atoms with Crippen molar-refractivity contribution in [3.8, 4) is 11.1 Å². The number of carbonyl (C=O) groups excluding carboxylic acids is 2. The van der Waals surface area contributed by atoms with Gasteiger partial charge in [-0.25, -0.2) is 9.18 Å². The van der Waals surface area contributed by atoms with Crippen molar-refractivity contribution in [2.45, 2.75) is 38.3 Å². The molecule has 1 aliphatic carbocycles. The highest BCUT2D eigenvalue weighted by atomic mass is 19.1. The molecule has 1 N–H and O–H groups in total. The lowest BCUT2D eigenvalue weighted by Crippen LogP contribution is -2.64. The number of piperidine rings is 1. The van der Waals surface area contributed by atoms with E-state index in [1.807, 2.05) is 30.0 Å². The number of amides is 2. The summed E-state index contributed by atoms with van der Waals surface area (Å²) in [5, 5.41) is 2.94. The van der Waals surface area contributed by atoms with Gasteiger partial charge in [-0.3, -0.25) is 9.78 Å². The van der Waals surface area contributed by atoms with Crippen LogP contribution in [0, 0.1) is 18.7 Å². The maximum absolute atomic E-state index is 13.5. The third-order valence-corrected chi connectivity index (χ3v) is 5.72. The minimum absolute atomic E-state index is 0.0696. The summed E-state index contributed by atoms with van der Waals surface area (Å²) in [5.41, 5.74) is 3.09. The third-order valence-electron chi connectivity index (χ3n) is 5.72. The molecule has 1 aromatic heterocycles. The van der Waals surface area contributed by atoms with Crippen LogP contribution in [0.3, 0.4) is 0 Å². The van der Waals surface area contributed by atoms with Crippen molar-refractivity contribution in [1.29, 1.82) is 0 Å². The summed E-state index contributed by atoms with van der Waals surface area (Å²) < 4.78 is 18.4. The molecule has 3 atom stereocenters. The number of hydrogen-bond donors (Lipinski definition) is 1. The van der Waals surface area contributed by atoms with E-state index in [2.05, 4.69) is 10.3 Å². The van der Waals surface area contributed by atoms with Gasteiger partial charge in [-0.2, -0.15) is 0 Å². The average Bonchev–Trinajstić information content (AvgIpc) is 2.68. The lowest BCUT2D eigenvalue weighted by molar-refractivity contribution is -0.151. The van der Waals surface area contributed by atoms with E-state index in [0.717, 1.165) is 23.7 Å². The van der Waals surface area contributed by atoms with E-state index >= 15 is 0 Å². The Morgan fingerprint density at radius 1 is 1.18 bits per heavy atom. The molecule has 2 aromatic rings. The van der Waals surface area contributed by atoms with Crippen molar-refractivity contribution in [3.05, 3.63) is 48.0 Å². The van der Waals surface area contributed by atoms with Crippen LogP contribution < -0.4 is 5.32 Å². The Morgan fingerprint density at radius 3 is 2.61 bits per heavy atom. The Bertz CT molecular complexity index is 921. The molecule has 3 fully saturated rings. The molecule has 2 saturated heterocycles. The first-order chi connectivity index (χ1) is 13.5. The highest BCUT2D eigenvalue weighted by Gasteiger charge is 2.49. The third kappa shape index (κ3) is 3.32. The standard InChI is InChI=1S/C21H22FN3O3/c1-12-3-4-16(8-19(12)14-5-15(22)11-23-10-14)24-21(27)25-17-6-13(20(26)28-2)7-18(25)9-17/h3-5,8,10-11,13,17-18H,6-7,9H2,1-2H3,(H,24,27)/t13-,17-,18?/m0/s1. The molecule has 146 valence electrons. The van der Waals surface area contributed by atoms with Crippen LogP contribution in [0.2, 0.25) is 0 Å². The number of benzene rings is 1. The highest BCUT2D eigenvalue weighted by Crippen LogP contribution is 2.42. The Kier molecular flexibility index (Phi) is 4.75. The maximum atomic E-state index is 13.5. The van der Waals surface area contributed by atoms with E-state index in [1.54, 1.807) is 6.20 Å². The van der Waals surface area contributed by atoms with Gasteiger partial charge in [0.1, 0.15) is 5.82 Å². The van der Waals surface area contributed by atoms with Crippen LogP contribution in [0.25, 0.3) is 11.1 Å². The summed E-state index contributed by atoms with van der Waals surface area (Å²) in [5.74, 6) is -0.717. The zero-order valence-corrected chi connectivity index (χ0v) is 15.8. The van der Waals surface area contributed by atoms with Crippen molar-refractivity contribution in [2.24, 2.45) is 5.92 Å². The number of aryl methyl sites for hydroxylation is 1. The van der Waals surface area contributed by atoms with Gasteiger partial charge in [0.15, 0.2) is 0 Å². The second-order valence-electron chi connectivity index (χ2n) is 7.49. The van der Waals surface area contributed by atoms with E-state index < -0.39 is 5.82 Å². The Hall–Kier alpha value is -2.96. The van der Waals surface area contributed by atoms with Crippen molar-refractivity contribution in [3.63, 3.8) is 0 Å². The summed E-state index contributed by atoms with van der Waals surface area (Å²) in [6.07, 6.45) is 4.98. The maximum Gasteiger partial charge on any atom is 0.322 e. The van der Waals surface area contributed by atoms with E-state index in [4.69, 9.17) is 4.74 Å². The van der Waals surface area contributed by atoms with Crippen molar-refractivity contribution < 1.29 is 18.7 Å². The van der Waals surface area contributed by atoms with Crippen LogP contribution >= 0.6 is 0 Å². The largest absolute Gasteiger partial charge is 0.469 e. The molecule has 3 heterocycles. The highest BCUT2D eigenvalue weighted by molar-refractivity contribution is 5.91. The number of rotatable bonds is 3. The molecule has 2 aliphatic heterocycles. The van der Waals surface area contributed by atoms with Crippen LogP contribution in [-0.4, -0.2) is 41.1 Å². The van der Waals surface area contributed by atoms with Gasteiger partial charge in [0.2, 0.25) is 0 Å². The number of hydrogen-bond acceptors (Lipinski definition) is 4. The lowest BCUT2D eigenvalue weighted by Gasteiger charge is -2.54. The molecule has 3 aliphatic rings. The van der Waals surface area contributed by atoms with E-state index in [9.17, 15) is 14.0 Å². The molecule has 1 unspecified atom stereocenters. The van der Waals surface area contributed by atoms with Crippen LogP contribution in [0.5, 0.6) is 0 Å². The van der Waals surface area contributed by atoms with Crippen molar-refractivity contribution in [1.82, 2.24) is 9.88 Å². The molecule has 1 saturated carbocycles. The smallest absolute Gasteiger partial charge is 0.322 e. The second-order valence-corrected chi connectivity index (χ2v) is 7.49. The number of carbonyl (C=O) groups is 2. The molecule has 1 aromatic carbocycles. The molecule has 6 nitrogen and oxygen atoms in total. The minimum atomic E-state index is -0.403. The van der Waals surface area contributed by atoms with Crippen molar-refractivity contribution in [2.75, 3.05) is 12.4 Å². The van der Waals surface area contributed by atoms with Gasteiger partial charge in [0, 0.05) is 29.5 Å². The first-order valence-corrected chi connectivity index (χ1v) is 9.35. The first-order valence-electron chi connectivity index (χ1n) is 9.35. The van der Waals surface area contributed by atoms with Crippen LogP contribution in [0.1, 0.15) is 24.8 Å². The zero-order chi connectivity index (χ0) is 19.8. The summed E-state index contributed by atoms with van der Waals surface area (Å²) in [6, 6.07) is 6.94. The molecule has 7 heteroatoms. The average molecular weight is 383 g/mol. The van der Waals surface area contributed by atoms with Gasteiger partial charge in [-0.1, -0.05) is 6.07 Å². The number of anilines is 1. The first kappa shape index (κ1) is 18.4. The number of methoxy groups -OCH3 is 1. The van der Waals surface area contributed by atoms with Gasteiger partial charge < -0.3 is 15.0 Å². The molecular formula is C21H22FN3O3. The number of esters is 1. The summed E-state index contributed by atoms with van der Waals surface area (Å²) in [4.78, 5) is 30.2. The molecule has 2 amide bonds. The molecule has 0 spiro atoms. The number of aromatic nitrogens is 1. The minimum Gasteiger partial charge on any atom is -0.469 e. The zero-order valence-electron chi connectivity index (χ0n) is 15.8. The Morgan fingerprint density at radius 2 is 1.93 bits per heavy atom. The summed E-state index contributed by atoms with van der Waals surface area (Å²) in [6.45, 7) is 1.93. The van der Waals surface area contributed by atoms with E-state index in [-0.39, 0.29) is 30.0 Å². The number of ether oxygens (including phenoxy) is 1. The van der Waals surface area contributed by atoms with Gasteiger partial charge in [-0.15, -0.1) is 0 Å². The quantitative estimate of drug-likeness (QED) is 0.820. The summed E-state index contributed by atoms with van der Waals surface area (Å²) in [7, 11) is 1.40. The van der Waals surface area contributed by atoms with Crippen LogP contribution in [0.4, 0.5) is 14.9 Å². The molecule has 0 radical (unpaired) electrons. The van der Waals surface area contributed by atoms with Crippen molar-refractivity contribution >= 4 is 17.7 Å². The SMILES string of the molecule is COC(=O)[C@@H]1CC2C[C@H](C1)N2C(=O)Nc1ccc(C)c(-c2cncc(F)c2)c1. The number of fused-ring (bicyclic) bond motifs is 2. The van der Waals surface area contributed by atoms with E-state index in [1.165, 1.54) is 13.2 Å². The molecule has 2 bridgehead atoms. The van der Waals surface area contributed by atoms with Gasteiger partial charge >= 0.3 is 12.0 Å². The monoisotopic (exact) mass is 383 g/mol. The fourth-order valence-corrected chi connectivity index (χ4v) is 4.32. The molecule has 5 rings (SSSR count). The Labute approximate surface area is 162 Å². The normalized spacial score (nSPS) is 23.0. The Balaban J connectivity index is 1.48. The van der Waals surface area contributed by atoms with E-state index in [0.29, 0.717) is 24.1 Å². The molecular weight excluding hydrogens is 361 g/mol. The topological polar surface area (TPSA) is 71.5 Å². The number of urea groups is 1. The lowest BCUT2D eigenvalue weighted by atomic mass is 9.74.